The van der Waals surface area contributed by atoms with E-state index in [9.17, 15) is 18.4 Å². The lowest BCUT2D eigenvalue weighted by Gasteiger charge is -2.43. The Morgan fingerprint density at radius 3 is 2.74 bits per heavy atom. The minimum Gasteiger partial charge on any atom is -0.434 e. The molecule has 0 unspecified atom stereocenters. The van der Waals surface area contributed by atoms with Gasteiger partial charge >= 0.3 is 6.61 Å². The highest BCUT2D eigenvalue weighted by molar-refractivity contribution is 6.31. The third-order valence-corrected chi connectivity index (χ3v) is 7.74. The number of halogens is 3. The molecule has 0 aliphatic carbocycles. The number of aromatic nitrogens is 4. The molecule has 2 fully saturated rings. The van der Waals surface area contributed by atoms with Crippen molar-refractivity contribution in [3.63, 3.8) is 0 Å². The van der Waals surface area contributed by atoms with Crippen molar-refractivity contribution in [1.29, 1.82) is 5.41 Å². The SMILES string of the molecule is CN(C1CCN(C(=O)Cn2cc(NC(=O)c3cnc(/C=C\C=N)[nH]3)c(-c3cc(Cl)ccc3OC(F)F)n2)CC1)C1COC1. The zero-order valence-corrected chi connectivity index (χ0v) is 24.1. The number of amides is 2. The number of piperidine rings is 1. The molecule has 5 rings (SSSR count). The second-order valence-electron chi connectivity index (χ2n) is 10.2. The molecule has 12 nitrogen and oxygen atoms in total. The number of H-pyrrole nitrogens is 1. The van der Waals surface area contributed by atoms with Crippen LogP contribution in [0, 0.1) is 5.41 Å². The minimum absolute atomic E-state index is 0.0887. The van der Waals surface area contributed by atoms with E-state index in [-0.39, 0.29) is 45.9 Å². The number of carbonyl (C=O) groups excluding carboxylic acids is 2. The molecule has 228 valence electrons. The maximum absolute atomic E-state index is 13.3. The zero-order chi connectivity index (χ0) is 30.5. The first-order valence-electron chi connectivity index (χ1n) is 13.6. The number of nitrogens with one attached hydrogen (secondary N) is 3. The largest absolute Gasteiger partial charge is 0.434 e. The quantitative estimate of drug-likeness (QED) is 0.279. The summed E-state index contributed by atoms with van der Waals surface area (Å²) >= 11 is 6.19. The average molecular weight is 617 g/mol. The highest BCUT2D eigenvalue weighted by Gasteiger charge is 2.32. The van der Waals surface area contributed by atoms with Crippen LogP contribution in [0.25, 0.3) is 17.3 Å². The molecule has 15 heteroatoms. The van der Waals surface area contributed by atoms with Crippen molar-refractivity contribution >= 4 is 41.4 Å². The van der Waals surface area contributed by atoms with E-state index in [4.69, 9.17) is 26.5 Å². The van der Waals surface area contributed by atoms with Crippen LogP contribution in [0.5, 0.6) is 5.75 Å². The number of likely N-dealkylation sites (N-methyl/N-ethyl adjacent to an activating group) is 1. The van der Waals surface area contributed by atoms with E-state index >= 15 is 0 Å². The molecule has 1 aromatic carbocycles. The van der Waals surface area contributed by atoms with Gasteiger partial charge in [-0.3, -0.25) is 19.2 Å². The van der Waals surface area contributed by atoms with Gasteiger partial charge in [-0.2, -0.15) is 13.9 Å². The number of hydrogen-bond acceptors (Lipinski definition) is 8. The summed E-state index contributed by atoms with van der Waals surface area (Å²) in [6.07, 6.45) is 8.47. The number of allylic oxidation sites excluding steroid dienone is 1. The number of alkyl halides is 2. The number of ether oxygens (including phenoxy) is 2. The van der Waals surface area contributed by atoms with Gasteiger partial charge < -0.3 is 30.1 Å². The molecule has 2 aromatic heterocycles. The topological polar surface area (TPSA) is 141 Å². The van der Waals surface area contributed by atoms with E-state index in [0.717, 1.165) is 32.3 Å². The fourth-order valence-corrected chi connectivity index (χ4v) is 5.23. The maximum atomic E-state index is 13.3. The Kier molecular flexibility index (Phi) is 9.48. The Morgan fingerprint density at radius 1 is 1.30 bits per heavy atom. The van der Waals surface area contributed by atoms with Gasteiger partial charge in [0, 0.05) is 42.1 Å². The first-order chi connectivity index (χ1) is 20.7. The zero-order valence-electron chi connectivity index (χ0n) is 23.3. The van der Waals surface area contributed by atoms with E-state index in [1.54, 1.807) is 4.90 Å². The standard InChI is InChI=1S/C28H31ClF2N8O4/c1-37(19-15-42-16-19)18-6-9-38(10-7-18)25(40)14-39-13-22(35-27(41)21-12-33-24(34-21)3-2-8-32)26(36-39)20-11-17(29)4-5-23(20)43-28(30)31/h2-5,8,11-13,18-19,28,32H,6-7,9-10,14-16H2,1H3,(H,33,34)(H,35,41)/b3-2-,32-8?. The van der Waals surface area contributed by atoms with Gasteiger partial charge in [0.25, 0.3) is 5.91 Å². The number of benzene rings is 1. The summed E-state index contributed by atoms with van der Waals surface area (Å²) in [5, 5.41) is 14.5. The smallest absolute Gasteiger partial charge is 0.387 e. The fourth-order valence-electron chi connectivity index (χ4n) is 5.06. The van der Waals surface area contributed by atoms with Gasteiger partial charge in [-0.15, -0.1) is 0 Å². The summed E-state index contributed by atoms with van der Waals surface area (Å²) in [4.78, 5) is 37.4. The predicted octanol–water partition coefficient (Wildman–Crippen LogP) is 3.76. The van der Waals surface area contributed by atoms with E-state index in [0.29, 0.717) is 31.0 Å². The first kappa shape index (κ1) is 30.3. The number of rotatable bonds is 11. The molecule has 0 saturated carbocycles. The molecule has 2 aliphatic heterocycles. The molecule has 3 N–H and O–H groups in total. The highest BCUT2D eigenvalue weighted by Crippen LogP contribution is 2.37. The summed E-state index contributed by atoms with van der Waals surface area (Å²) in [5.41, 5.74) is 0.451. The third-order valence-electron chi connectivity index (χ3n) is 7.50. The van der Waals surface area contributed by atoms with Crippen molar-refractivity contribution < 1.29 is 27.8 Å². The minimum atomic E-state index is -3.11. The summed E-state index contributed by atoms with van der Waals surface area (Å²) in [5.74, 6) is -0.592. The van der Waals surface area contributed by atoms with Crippen LogP contribution in [0.2, 0.25) is 5.02 Å². The molecule has 2 amide bonds. The van der Waals surface area contributed by atoms with Crippen LogP contribution in [0.3, 0.4) is 0 Å². The molecule has 0 radical (unpaired) electrons. The normalized spacial score (nSPS) is 16.2. The molecule has 0 atom stereocenters. The van der Waals surface area contributed by atoms with Crippen LogP contribution in [0.1, 0.15) is 29.2 Å². The summed E-state index contributed by atoms with van der Waals surface area (Å²) in [7, 11) is 2.09. The summed E-state index contributed by atoms with van der Waals surface area (Å²) in [6, 6.07) is 4.87. The summed E-state index contributed by atoms with van der Waals surface area (Å²) < 4.78 is 37.8. The van der Waals surface area contributed by atoms with Gasteiger partial charge in [-0.1, -0.05) is 11.6 Å². The highest BCUT2D eigenvalue weighted by atomic mass is 35.5. The van der Waals surface area contributed by atoms with Gasteiger partial charge in [0.15, 0.2) is 0 Å². The van der Waals surface area contributed by atoms with Crippen molar-refractivity contribution in [3.8, 4) is 17.0 Å². The van der Waals surface area contributed by atoms with Crippen LogP contribution in [0.15, 0.2) is 36.7 Å². The van der Waals surface area contributed by atoms with Gasteiger partial charge in [0.2, 0.25) is 5.91 Å². The molecule has 43 heavy (non-hydrogen) atoms. The van der Waals surface area contributed by atoms with E-state index < -0.39 is 12.5 Å². The Morgan fingerprint density at radius 2 is 2.07 bits per heavy atom. The van der Waals surface area contributed by atoms with Crippen molar-refractivity contribution in [1.82, 2.24) is 29.5 Å². The molecular weight excluding hydrogens is 586 g/mol. The number of aromatic amines is 1. The van der Waals surface area contributed by atoms with Crippen molar-refractivity contribution in [2.45, 2.75) is 38.1 Å². The van der Waals surface area contributed by atoms with Crippen molar-refractivity contribution in [2.75, 3.05) is 38.7 Å². The van der Waals surface area contributed by atoms with E-state index in [1.165, 1.54) is 47.4 Å². The van der Waals surface area contributed by atoms with Crippen molar-refractivity contribution in [2.24, 2.45) is 0 Å². The van der Waals surface area contributed by atoms with Crippen molar-refractivity contribution in [3.05, 3.63) is 53.2 Å². The van der Waals surface area contributed by atoms with E-state index in [2.05, 4.69) is 32.3 Å². The summed E-state index contributed by atoms with van der Waals surface area (Å²) in [6.45, 7) is -0.596. The molecule has 4 heterocycles. The molecule has 0 bridgehead atoms. The molecule has 3 aromatic rings. The van der Waals surface area contributed by atoms with Crippen LogP contribution >= 0.6 is 11.6 Å². The van der Waals surface area contributed by atoms with Crippen LogP contribution < -0.4 is 10.1 Å². The fraction of sp³-hybridized carbons (Fsp3) is 0.393. The Hall–Kier alpha value is -4.14. The lowest BCUT2D eigenvalue weighted by Crippen LogP contribution is -2.54. The number of nitrogens with zero attached hydrogens (tertiary/aromatic N) is 5. The molecular formula is C28H31ClF2N8O4. The lowest BCUT2D eigenvalue weighted by atomic mass is 10.0. The van der Waals surface area contributed by atoms with Crippen LogP contribution in [0.4, 0.5) is 14.5 Å². The number of hydrogen-bond donors (Lipinski definition) is 3. The molecule has 2 aliphatic rings. The lowest BCUT2D eigenvalue weighted by molar-refractivity contribution is -0.134. The molecule has 2 saturated heterocycles. The van der Waals surface area contributed by atoms with Gasteiger partial charge in [-0.25, -0.2) is 4.98 Å². The van der Waals surface area contributed by atoms with Crippen LogP contribution in [-0.4, -0.2) is 99.6 Å². The monoisotopic (exact) mass is 616 g/mol. The Labute approximate surface area is 251 Å². The average Bonchev–Trinajstić information content (AvgIpc) is 3.59. The second kappa shape index (κ2) is 13.4. The number of likely N-dealkylation sites (tertiary alicyclic amines) is 1. The second-order valence-corrected chi connectivity index (χ2v) is 10.7. The maximum Gasteiger partial charge on any atom is 0.387 e. The van der Waals surface area contributed by atoms with Gasteiger partial charge in [0.1, 0.15) is 29.5 Å². The Balaban J connectivity index is 1.37. The number of carbonyl (C=O) groups is 2. The third kappa shape index (κ3) is 7.27. The van der Waals surface area contributed by atoms with Crippen LogP contribution in [-0.2, 0) is 16.1 Å². The van der Waals surface area contributed by atoms with Gasteiger partial charge in [0.05, 0.1) is 31.1 Å². The van der Waals surface area contributed by atoms with E-state index in [1.807, 2.05) is 0 Å². The Bertz CT molecular complexity index is 1500. The molecule has 0 spiro atoms. The predicted molar refractivity (Wildman–Crippen MR) is 156 cm³/mol. The number of imidazole rings is 1. The first-order valence-corrected chi connectivity index (χ1v) is 14.0. The number of anilines is 1. The van der Waals surface area contributed by atoms with Gasteiger partial charge in [-0.05, 0) is 50.2 Å².